The van der Waals surface area contributed by atoms with Crippen LogP contribution in [0.2, 0.25) is 0 Å². The number of nitrogens with zero attached hydrogens (tertiary/aromatic N) is 1. The Kier molecular flexibility index (Phi) is 5.58. The van der Waals surface area contributed by atoms with Gasteiger partial charge in [-0.05, 0) is 49.1 Å². The molecule has 1 heterocycles. The summed E-state index contributed by atoms with van der Waals surface area (Å²) < 4.78 is 0. The van der Waals surface area contributed by atoms with E-state index in [-0.39, 0.29) is 0 Å². The van der Waals surface area contributed by atoms with Crippen molar-refractivity contribution in [1.82, 2.24) is 4.90 Å². The minimum atomic E-state index is 0.870. The standard InChI is InChI=1S/C16H25NS/c1-14(2)15-12-17(13-15)10-6-7-11-18-16-8-4-3-5-9-16/h3-5,8-9,14-15H,6-7,10-13H2,1-2H3. The smallest absolute Gasteiger partial charge is 0.00719 e. The van der Waals surface area contributed by atoms with E-state index in [2.05, 4.69) is 49.1 Å². The molecule has 0 aromatic heterocycles. The second kappa shape index (κ2) is 7.20. The van der Waals surface area contributed by atoms with E-state index in [0.29, 0.717) is 0 Å². The summed E-state index contributed by atoms with van der Waals surface area (Å²) in [6.45, 7) is 8.67. The van der Waals surface area contributed by atoms with Crippen LogP contribution < -0.4 is 0 Å². The number of thioether (sulfide) groups is 1. The third-order valence-corrected chi connectivity index (χ3v) is 4.91. The van der Waals surface area contributed by atoms with E-state index in [0.717, 1.165) is 11.8 Å². The SMILES string of the molecule is CC(C)C1CN(CCCCSc2ccccc2)C1. The van der Waals surface area contributed by atoms with Gasteiger partial charge in [-0.15, -0.1) is 11.8 Å². The van der Waals surface area contributed by atoms with Gasteiger partial charge < -0.3 is 4.90 Å². The number of unbranched alkanes of at least 4 members (excludes halogenated alkanes) is 1. The topological polar surface area (TPSA) is 3.24 Å². The van der Waals surface area contributed by atoms with Gasteiger partial charge in [-0.25, -0.2) is 0 Å². The van der Waals surface area contributed by atoms with Crippen molar-refractivity contribution in [3.05, 3.63) is 30.3 Å². The molecular weight excluding hydrogens is 238 g/mol. The van der Waals surface area contributed by atoms with Crippen molar-refractivity contribution in [2.24, 2.45) is 11.8 Å². The summed E-state index contributed by atoms with van der Waals surface area (Å²) in [7, 11) is 0. The van der Waals surface area contributed by atoms with Gasteiger partial charge in [0.05, 0.1) is 0 Å². The van der Waals surface area contributed by atoms with Crippen LogP contribution in [0.25, 0.3) is 0 Å². The van der Waals surface area contributed by atoms with E-state index in [9.17, 15) is 0 Å². The third kappa shape index (κ3) is 4.33. The fraction of sp³-hybridized carbons (Fsp3) is 0.625. The highest BCUT2D eigenvalue weighted by Crippen LogP contribution is 2.24. The maximum absolute atomic E-state index is 2.61. The van der Waals surface area contributed by atoms with Crippen molar-refractivity contribution in [3.8, 4) is 0 Å². The summed E-state index contributed by atoms with van der Waals surface area (Å²) >= 11 is 1.98. The molecule has 0 atom stereocenters. The molecule has 1 fully saturated rings. The van der Waals surface area contributed by atoms with Crippen molar-refractivity contribution >= 4 is 11.8 Å². The Labute approximate surface area is 116 Å². The van der Waals surface area contributed by atoms with E-state index < -0.39 is 0 Å². The zero-order valence-electron chi connectivity index (χ0n) is 11.6. The minimum Gasteiger partial charge on any atom is -0.303 e. The summed E-state index contributed by atoms with van der Waals surface area (Å²) in [6.07, 6.45) is 2.69. The molecule has 0 radical (unpaired) electrons. The van der Waals surface area contributed by atoms with E-state index in [1.807, 2.05) is 11.8 Å². The summed E-state index contributed by atoms with van der Waals surface area (Å²) in [5.74, 6) is 3.09. The fourth-order valence-corrected chi connectivity index (χ4v) is 3.29. The van der Waals surface area contributed by atoms with Crippen molar-refractivity contribution in [2.75, 3.05) is 25.4 Å². The van der Waals surface area contributed by atoms with Gasteiger partial charge in [0.25, 0.3) is 0 Å². The van der Waals surface area contributed by atoms with Gasteiger partial charge in [0, 0.05) is 18.0 Å². The zero-order chi connectivity index (χ0) is 12.8. The number of rotatable bonds is 7. The molecule has 0 aliphatic carbocycles. The lowest BCUT2D eigenvalue weighted by Gasteiger charge is -2.41. The maximum atomic E-state index is 2.61. The van der Waals surface area contributed by atoms with Crippen LogP contribution in [-0.2, 0) is 0 Å². The maximum Gasteiger partial charge on any atom is 0.00719 e. The largest absolute Gasteiger partial charge is 0.303 e. The first-order valence-corrected chi connectivity index (χ1v) is 8.14. The van der Waals surface area contributed by atoms with Gasteiger partial charge in [0.15, 0.2) is 0 Å². The van der Waals surface area contributed by atoms with Crippen LogP contribution in [-0.4, -0.2) is 30.3 Å². The average molecular weight is 263 g/mol. The van der Waals surface area contributed by atoms with Gasteiger partial charge in [-0.2, -0.15) is 0 Å². The lowest BCUT2D eigenvalue weighted by molar-refractivity contribution is 0.0676. The molecule has 0 spiro atoms. The molecule has 1 nitrogen and oxygen atoms in total. The molecule has 0 unspecified atom stereocenters. The third-order valence-electron chi connectivity index (χ3n) is 3.81. The van der Waals surface area contributed by atoms with Crippen LogP contribution >= 0.6 is 11.8 Å². The van der Waals surface area contributed by atoms with Gasteiger partial charge in [0.2, 0.25) is 0 Å². The quantitative estimate of drug-likeness (QED) is 0.537. The molecule has 2 heteroatoms. The molecule has 0 saturated carbocycles. The van der Waals surface area contributed by atoms with E-state index in [1.54, 1.807) is 0 Å². The molecule has 1 aromatic carbocycles. The Bertz CT molecular complexity index is 330. The monoisotopic (exact) mass is 263 g/mol. The first kappa shape index (κ1) is 14.0. The zero-order valence-corrected chi connectivity index (χ0v) is 12.5. The predicted octanol–water partition coefficient (Wildman–Crippen LogP) is 4.15. The predicted molar refractivity (Wildman–Crippen MR) is 81.2 cm³/mol. The van der Waals surface area contributed by atoms with Crippen molar-refractivity contribution in [2.45, 2.75) is 31.6 Å². The lowest BCUT2D eigenvalue weighted by Crippen LogP contribution is -2.49. The lowest BCUT2D eigenvalue weighted by atomic mass is 9.88. The Morgan fingerprint density at radius 3 is 2.56 bits per heavy atom. The Hall–Kier alpha value is -0.470. The molecule has 1 saturated heterocycles. The molecular formula is C16H25NS. The van der Waals surface area contributed by atoms with Crippen LogP contribution in [0.5, 0.6) is 0 Å². The van der Waals surface area contributed by atoms with E-state index in [4.69, 9.17) is 0 Å². The minimum absolute atomic E-state index is 0.870. The van der Waals surface area contributed by atoms with Crippen molar-refractivity contribution in [1.29, 1.82) is 0 Å². The molecule has 0 bridgehead atoms. The molecule has 2 rings (SSSR count). The highest BCUT2D eigenvalue weighted by molar-refractivity contribution is 7.99. The summed E-state index contributed by atoms with van der Waals surface area (Å²) in [5, 5.41) is 0. The molecule has 0 amide bonds. The molecule has 100 valence electrons. The van der Waals surface area contributed by atoms with Crippen LogP contribution in [0.1, 0.15) is 26.7 Å². The Balaban J connectivity index is 1.48. The summed E-state index contributed by atoms with van der Waals surface area (Å²) in [4.78, 5) is 4.01. The van der Waals surface area contributed by atoms with Crippen LogP contribution in [0.3, 0.4) is 0 Å². The highest BCUT2D eigenvalue weighted by atomic mass is 32.2. The Morgan fingerprint density at radius 1 is 1.17 bits per heavy atom. The van der Waals surface area contributed by atoms with Gasteiger partial charge in [0.1, 0.15) is 0 Å². The van der Waals surface area contributed by atoms with Crippen LogP contribution in [0.15, 0.2) is 35.2 Å². The molecule has 1 aliphatic rings. The molecule has 0 N–H and O–H groups in total. The number of hydrogen-bond donors (Lipinski definition) is 0. The van der Waals surface area contributed by atoms with Gasteiger partial charge in [-0.3, -0.25) is 0 Å². The average Bonchev–Trinajstić information content (AvgIpc) is 2.32. The second-order valence-electron chi connectivity index (χ2n) is 5.63. The summed E-state index contributed by atoms with van der Waals surface area (Å²) in [6, 6.07) is 10.7. The van der Waals surface area contributed by atoms with Gasteiger partial charge in [-0.1, -0.05) is 32.0 Å². The van der Waals surface area contributed by atoms with E-state index >= 15 is 0 Å². The van der Waals surface area contributed by atoms with Gasteiger partial charge >= 0.3 is 0 Å². The van der Waals surface area contributed by atoms with Crippen molar-refractivity contribution < 1.29 is 0 Å². The normalized spacial score (nSPS) is 17.1. The summed E-state index contributed by atoms with van der Waals surface area (Å²) in [5.41, 5.74) is 0. The van der Waals surface area contributed by atoms with Crippen molar-refractivity contribution in [3.63, 3.8) is 0 Å². The second-order valence-corrected chi connectivity index (χ2v) is 6.80. The fourth-order valence-electron chi connectivity index (χ4n) is 2.36. The molecule has 1 aromatic rings. The Morgan fingerprint density at radius 2 is 1.89 bits per heavy atom. The number of benzene rings is 1. The van der Waals surface area contributed by atoms with Crippen LogP contribution in [0, 0.1) is 11.8 Å². The first-order chi connectivity index (χ1) is 8.75. The first-order valence-electron chi connectivity index (χ1n) is 7.16. The highest BCUT2D eigenvalue weighted by Gasteiger charge is 2.27. The molecule has 18 heavy (non-hydrogen) atoms. The number of hydrogen-bond acceptors (Lipinski definition) is 2. The number of likely N-dealkylation sites (tertiary alicyclic amines) is 1. The van der Waals surface area contributed by atoms with E-state index in [1.165, 1.54) is 43.1 Å². The van der Waals surface area contributed by atoms with Crippen LogP contribution in [0.4, 0.5) is 0 Å². The molecule has 1 aliphatic heterocycles.